The first-order chi connectivity index (χ1) is 14.5. The van der Waals surface area contributed by atoms with Crippen molar-refractivity contribution >= 4 is 46.3 Å². The Kier molecular flexibility index (Phi) is 6.23. The number of anilines is 1. The van der Waals surface area contributed by atoms with Crippen molar-refractivity contribution < 1.29 is 4.79 Å². The number of rotatable bonds is 5. The Labute approximate surface area is 189 Å². The van der Waals surface area contributed by atoms with E-state index >= 15 is 0 Å². The van der Waals surface area contributed by atoms with Gasteiger partial charge in [0, 0.05) is 33.3 Å². The van der Waals surface area contributed by atoms with Gasteiger partial charge in [-0.05, 0) is 60.7 Å². The van der Waals surface area contributed by atoms with Gasteiger partial charge in [-0.15, -0.1) is 23.1 Å². The van der Waals surface area contributed by atoms with Gasteiger partial charge >= 0.3 is 0 Å². The van der Waals surface area contributed by atoms with Gasteiger partial charge < -0.3 is 5.32 Å². The van der Waals surface area contributed by atoms with Crippen LogP contribution < -0.4 is 5.32 Å². The molecule has 0 aliphatic rings. The Morgan fingerprint density at radius 3 is 2.67 bits per heavy atom. The second-order valence-corrected chi connectivity index (χ2v) is 8.95. The van der Waals surface area contributed by atoms with E-state index in [9.17, 15) is 4.79 Å². The molecule has 30 heavy (non-hydrogen) atoms. The third-order valence-corrected chi connectivity index (χ3v) is 6.55. The number of aromatic nitrogens is 1. The lowest BCUT2D eigenvalue weighted by Gasteiger charge is -2.13. The van der Waals surface area contributed by atoms with Crippen LogP contribution in [0.5, 0.6) is 0 Å². The molecule has 3 aromatic carbocycles. The number of benzene rings is 3. The average molecular weight is 451 g/mol. The molecule has 0 aliphatic heterocycles. The fourth-order valence-electron chi connectivity index (χ4n) is 3.22. The molecule has 3 nitrogen and oxygen atoms in total. The molecular formula is C24H19ClN2OS2. The van der Waals surface area contributed by atoms with Crippen LogP contribution in [0.3, 0.4) is 0 Å². The SMILES string of the molecule is CSc1ccc(C(=O)Nc2ccc(Cl)c(-c3nccs3)c2)c(-c2cccc(C)c2)c1. The Balaban J connectivity index is 1.70. The van der Waals surface area contributed by atoms with E-state index in [1.807, 2.05) is 42.0 Å². The van der Waals surface area contributed by atoms with E-state index in [0.29, 0.717) is 16.3 Å². The molecule has 1 N–H and O–H groups in total. The molecule has 0 atom stereocenters. The van der Waals surface area contributed by atoms with Crippen LogP contribution in [0.15, 0.2) is 77.1 Å². The van der Waals surface area contributed by atoms with Gasteiger partial charge in [0.1, 0.15) is 5.01 Å². The molecule has 0 aliphatic carbocycles. The standard InChI is InChI=1S/C24H19ClN2OS2/c1-15-4-3-5-16(12-15)20-14-18(29-2)7-8-19(20)23(28)27-17-6-9-22(25)21(13-17)24-26-10-11-30-24/h3-14H,1-2H3,(H,27,28). The monoisotopic (exact) mass is 450 g/mol. The molecule has 4 rings (SSSR count). The first-order valence-corrected chi connectivity index (χ1v) is 11.8. The molecule has 6 heteroatoms. The van der Waals surface area contributed by atoms with Gasteiger partial charge in [0.15, 0.2) is 0 Å². The normalized spacial score (nSPS) is 10.8. The Bertz CT molecular complexity index is 1210. The summed E-state index contributed by atoms with van der Waals surface area (Å²) < 4.78 is 0. The van der Waals surface area contributed by atoms with Crippen LogP contribution >= 0.6 is 34.7 Å². The maximum absolute atomic E-state index is 13.2. The summed E-state index contributed by atoms with van der Waals surface area (Å²) >= 11 is 9.51. The third-order valence-electron chi connectivity index (χ3n) is 4.69. The summed E-state index contributed by atoms with van der Waals surface area (Å²) in [5.41, 5.74) is 5.20. The summed E-state index contributed by atoms with van der Waals surface area (Å²) in [5, 5.41) is 6.35. The number of halogens is 1. The van der Waals surface area contributed by atoms with Crippen LogP contribution in [-0.4, -0.2) is 17.1 Å². The predicted octanol–water partition coefficient (Wildman–Crippen LogP) is 7.41. The van der Waals surface area contributed by atoms with Crippen LogP contribution in [-0.2, 0) is 0 Å². The highest BCUT2D eigenvalue weighted by molar-refractivity contribution is 7.98. The van der Waals surface area contributed by atoms with Crippen molar-refractivity contribution in [3.8, 4) is 21.7 Å². The van der Waals surface area contributed by atoms with Gasteiger partial charge in [0.25, 0.3) is 5.91 Å². The topological polar surface area (TPSA) is 42.0 Å². The van der Waals surface area contributed by atoms with Gasteiger partial charge in [-0.2, -0.15) is 0 Å². The van der Waals surface area contributed by atoms with Gasteiger partial charge in [-0.1, -0.05) is 41.4 Å². The number of thioether (sulfide) groups is 1. The molecular weight excluding hydrogens is 432 g/mol. The van der Waals surface area contributed by atoms with E-state index in [1.54, 1.807) is 30.1 Å². The van der Waals surface area contributed by atoms with Crippen LogP contribution in [0.25, 0.3) is 21.7 Å². The van der Waals surface area contributed by atoms with Gasteiger partial charge in [-0.3, -0.25) is 4.79 Å². The molecule has 0 unspecified atom stereocenters. The van der Waals surface area contributed by atoms with Gasteiger partial charge in [0.05, 0.1) is 5.02 Å². The molecule has 0 saturated heterocycles. The second-order valence-electron chi connectivity index (χ2n) is 6.77. The molecule has 0 fully saturated rings. The summed E-state index contributed by atoms with van der Waals surface area (Å²) in [4.78, 5) is 18.6. The lowest BCUT2D eigenvalue weighted by Crippen LogP contribution is -2.13. The number of carbonyl (C=O) groups excluding carboxylic acids is 1. The summed E-state index contributed by atoms with van der Waals surface area (Å²) in [5.74, 6) is -0.161. The van der Waals surface area contributed by atoms with Crippen molar-refractivity contribution in [2.75, 3.05) is 11.6 Å². The second kappa shape index (κ2) is 9.04. The van der Waals surface area contributed by atoms with Gasteiger partial charge in [0.2, 0.25) is 0 Å². The van der Waals surface area contributed by atoms with Crippen molar-refractivity contribution in [2.45, 2.75) is 11.8 Å². The maximum atomic E-state index is 13.2. The molecule has 1 heterocycles. The van der Waals surface area contributed by atoms with E-state index < -0.39 is 0 Å². The Morgan fingerprint density at radius 1 is 1.07 bits per heavy atom. The third kappa shape index (κ3) is 4.43. The molecule has 0 bridgehead atoms. The van der Waals surface area contributed by atoms with Crippen LogP contribution in [0.4, 0.5) is 5.69 Å². The summed E-state index contributed by atoms with van der Waals surface area (Å²) in [6.45, 7) is 2.05. The number of aryl methyl sites for hydroxylation is 1. The zero-order valence-corrected chi connectivity index (χ0v) is 18.9. The largest absolute Gasteiger partial charge is 0.322 e. The van der Waals surface area contributed by atoms with Crippen LogP contribution in [0, 0.1) is 6.92 Å². The maximum Gasteiger partial charge on any atom is 0.256 e. The zero-order chi connectivity index (χ0) is 21.1. The van der Waals surface area contributed by atoms with E-state index in [1.165, 1.54) is 11.3 Å². The van der Waals surface area contributed by atoms with E-state index in [2.05, 4.69) is 35.4 Å². The lowest BCUT2D eigenvalue weighted by atomic mass is 9.97. The Hall–Kier alpha value is -2.60. The van der Waals surface area contributed by atoms with Crippen molar-refractivity contribution in [1.82, 2.24) is 4.98 Å². The van der Waals surface area contributed by atoms with Crippen LogP contribution in [0.1, 0.15) is 15.9 Å². The van der Waals surface area contributed by atoms with E-state index in [4.69, 9.17) is 11.6 Å². The van der Waals surface area contributed by atoms with E-state index in [0.717, 1.165) is 32.2 Å². The highest BCUT2D eigenvalue weighted by Crippen LogP contribution is 2.33. The van der Waals surface area contributed by atoms with Crippen molar-refractivity contribution in [3.63, 3.8) is 0 Å². The minimum atomic E-state index is -0.161. The summed E-state index contributed by atoms with van der Waals surface area (Å²) in [6.07, 6.45) is 3.77. The molecule has 0 saturated carbocycles. The summed E-state index contributed by atoms with van der Waals surface area (Å²) in [6, 6.07) is 19.6. The zero-order valence-electron chi connectivity index (χ0n) is 16.5. The molecule has 0 spiro atoms. The quantitative estimate of drug-likeness (QED) is 0.322. The van der Waals surface area contributed by atoms with Crippen molar-refractivity contribution in [1.29, 1.82) is 0 Å². The predicted molar refractivity (Wildman–Crippen MR) is 129 cm³/mol. The smallest absolute Gasteiger partial charge is 0.256 e. The molecule has 0 radical (unpaired) electrons. The fourth-order valence-corrected chi connectivity index (χ4v) is 4.59. The molecule has 4 aromatic rings. The Morgan fingerprint density at radius 2 is 1.93 bits per heavy atom. The lowest BCUT2D eigenvalue weighted by molar-refractivity contribution is 0.102. The summed E-state index contributed by atoms with van der Waals surface area (Å²) in [7, 11) is 0. The minimum Gasteiger partial charge on any atom is -0.322 e. The van der Waals surface area contributed by atoms with Crippen molar-refractivity contribution in [3.05, 3.63) is 88.4 Å². The number of nitrogens with one attached hydrogen (secondary N) is 1. The number of amides is 1. The highest BCUT2D eigenvalue weighted by Gasteiger charge is 2.15. The average Bonchev–Trinajstić information content (AvgIpc) is 3.29. The molecule has 1 aromatic heterocycles. The highest BCUT2D eigenvalue weighted by atomic mass is 35.5. The number of hydrogen-bond acceptors (Lipinski definition) is 4. The van der Waals surface area contributed by atoms with Crippen LogP contribution in [0.2, 0.25) is 5.02 Å². The number of hydrogen-bond donors (Lipinski definition) is 1. The van der Waals surface area contributed by atoms with E-state index in [-0.39, 0.29) is 5.91 Å². The fraction of sp³-hybridized carbons (Fsp3) is 0.0833. The minimum absolute atomic E-state index is 0.161. The van der Waals surface area contributed by atoms with Gasteiger partial charge in [-0.25, -0.2) is 4.98 Å². The first-order valence-electron chi connectivity index (χ1n) is 9.31. The molecule has 1 amide bonds. The number of carbonyl (C=O) groups is 1. The molecule has 150 valence electrons. The number of nitrogens with zero attached hydrogens (tertiary/aromatic N) is 1. The first kappa shape index (κ1) is 20.7. The number of thiazole rings is 1. The van der Waals surface area contributed by atoms with Crippen molar-refractivity contribution in [2.24, 2.45) is 0 Å².